The van der Waals surface area contributed by atoms with E-state index in [0.717, 1.165) is 0 Å². The Hall–Kier alpha value is -0.900. The lowest BCUT2D eigenvalue weighted by atomic mass is 10.1. The SMILES string of the molecule is CC(C)(F)c1coc(CN)n1. The summed E-state index contributed by atoms with van der Waals surface area (Å²) in [7, 11) is 0. The first kappa shape index (κ1) is 8.20. The minimum Gasteiger partial charge on any atom is -0.447 e. The molecule has 0 bridgehead atoms. The third-order valence-electron chi connectivity index (χ3n) is 1.34. The molecule has 0 radical (unpaired) electrons. The fraction of sp³-hybridized carbons (Fsp3) is 0.571. The van der Waals surface area contributed by atoms with Gasteiger partial charge in [-0.25, -0.2) is 9.37 Å². The fourth-order valence-corrected chi connectivity index (χ4v) is 0.678. The summed E-state index contributed by atoms with van der Waals surface area (Å²) in [6.45, 7) is 3.05. The van der Waals surface area contributed by atoms with Crippen LogP contribution >= 0.6 is 0 Å². The van der Waals surface area contributed by atoms with Gasteiger partial charge in [0.2, 0.25) is 5.89 Å². The molecule has 1 aromatic rings. The van der Waals surface area contributed by atoms with Crippen LogP contribution in [0.1, 0.15) is 25.4 Å². The van der Waals surface area contributed by atoms with Gasteiger partial charge < -0.3 is 10.2 Å². The van der Waals surface area contributed by atoms with Gasteiger partial charge in [-0.05, 0) is 13.8 Å². The van der Waals surface area contributed by atoms with Gasteiger partial charge in [0, 0.05) is 0 Å². The van der Waals surface area contributed by atoms with Gasteiger partial charge in [0.1, 0.15) is 17.6 Å². The Morgan fingerprint density at radius 3 is 2.64 bits per heavy atom. The number of aromatic nitrogens is 1. The van der Waals surface area contributed by atoms with Gasteiger partial charge in [-0.15, -0.1) is 0 Å². The van der Waals surface area contributed by atoms with Crippen LogP contribution in [0, 0.1) is 0 Å². The summed E-state index contributed by atoms with van der Waals surface area (Å²) < 4.78 is 18.0. The molecular formula is C7H11FN2O. The summed E-state index contributed by atoms with van der Waals surface area (Å²) in [5.41, 5.74) is 4.07. The van der Waals surface area contributed by atoms with Crippen LogP contribution in [0.25, 0.3) is 0 Å². The van der Waals surface area contributed by atoms with Crippen molar-refractivity contribution in [2.24, 2.45) is 5.73 Å². The molecule has 0 unspecified atom stereocenters. The second-order valence-electron chi connectivity index (χ2n) is 2.80. The minimum absolute atomic E-state index is 0.204. The van der Waals surface area contributed by atoms with Crippen molar-refractivity contribution >= 4 is 0 Å². The minimum atomic E-state index is -1.45. The van der Waals surface area contributed by atoms with E-state index in [4.69, 9.17) is 10.2 Å². The Balaban J connectivity index is 2.89. The van der Waals surface area contributed by atoms with E-state index in [-0.39, 0.29) is 12.2 Å². The van der Waals surface area contributed by atoms with Gasteiger partial charge in [-0.1, -0.05) is 0 Å². The van der Waals surface area contributed by atoms with E-state index in [1.807, 2.05) is 0 Å². The molecule has 0 atom stereocenters. The third-order valence-corrected chi connectivity index (χ3v) is 1.34. The first-order valence-electron chi connectivity index (χ1n) is 3.38. The third kappa shape index (κ3) is 1.77. The van der Waals surface area contributed by atoms with Crippen LogP contribution in [0.15, 0.2) is 10.7 Å². The number of rotatable bonds is 2. The fourth-order valence-electron chi connectivity index (χ4n) is 0.678. The van der Waals surface area contributed by atoms with Crippen molar-refractivity contribution in [3.63, 3.8) is 0 Å². The Bertz CT molecular complexity index is 239. The molecule has 0 fully saturated rings. The summed E-state index contributed by atoms with van der Waals surface area (Å²) >= 11 is 0. The molecule has 1 rings (SSSR count). The van der Waals surface area contributed by atoms with E-state index in [9.17, 15) is 4.39 Å². The van der Waals surface area contributed by atoms with Crippen molar-refractivity contribution in [3.8, 4) is 0 Å². The highest BCUT2D eigenvalue weighted by molar-refractivity contribution is 5.05. The molecule has 0 aliphatic heterocycles. The Morgan fingerprint density at radius 1 is 1.73 bits per heavy atom. The number of hydrogen-bond donors (Lipinski definition) is 1. The topological polar surface area (TPSA) is 52.0 Å². The molecule has 4 heteroatoms. The average Bonchev–Trinajstić information content (AvgIpc) is 2.32. The first-order valence-corrected chi connectivity index (χ1v) is 3.38. The van der Waals surface area contributed by atoms with Gasteiger partial charge in [-0.3, -0.25) is 0 Å². The zero-order chi connectivity index (χ0) is 8.48. The number of nitrogens with two attached hydrogens (primary N) is 1. The molecule has 1 aromatic heterocycles. The van der Waals surface area contributed by atoms with Crippen LogP contribution in [-0.2, 0) is 12.2 Å². The smallest absolute Gasteiger partial charge is 0.208 e. The lowest BCUT2D eigenvalue weighted by molar-refractivity contribution is 0.214. The first-order chi connectivity index (χ1) is 5.04. The van der Waals surface area contributed by atoms with Gasteiger partial charge in [0.05, 0.1) is 6.54 Å². The largest absolute Gasteiger partial charge is 0.447 e. The second kappa shape index (κ2) is 2.62. The molecular weight excluding hydrogens is 147 g/mol. The van der Waals surface area contributed by atoms with Crippen LogP contribution in [0.2, 0.25) is 0 Å². The van der Waals surface area contributed by atoms with Crippen LogP contribution in [0.5, 0.6) is 0 Å². The maximum Gasteiger partial charge on any atom is 0.208 e. The van der Waals surface area contributed by atoms with E-state index in [1.165, 1.54) is 20.1 Å². The summed E-state index contributed by atoms with van der Waals surface area (Å²) in [4.78, 5) is 3.83. The van der Waals surface area contributed by atoms with Crippen LogP contribution in [0.3, 0.4) is 0 Å². The number of halogens is 1. The maximum atomic E-state index is 13.1. The van der Waals surface area contributed by atoms with Crippen molar-refractivity contribution in [1.29, 1.82) is 0 Å². The number of hydrogen-bond acceptors (Lipinski definition) is 3. The van der Waals surface area contributed by atoms with Crippen LogP contribution < -0.4 is 5.73 Å². The van der Waals surface area contributed by atoms with Gasteiger partial charge in [0.25, 0.3) is 0 Å². The number of nitrogens with zero attached hydrogens (tertiary/aromatic N) is 1. The van der Waals surface area contributed by atoms with Gasteiger partial charge in [-0.2, -0.15) is 0 Å². The summed E-state index contributed by atoms with van der Waals surface area (Å²) in [5, 5.41) is 0. The molecule has 0 amide bonds. The van der Waals surface area contributed by atoms with Crippen molar-refractivity contribution in [2.75, 3.05) is 0 Å². The molecule has 0 saturated carbocycles. The average molecular weight is 158 g/mol. The molecule has 2 N–H and O–H groups in total. The molecule has 0 aromatic carbocycles. The number of oxazole rings is 1. The zero-order valence-electron chi connectivity index (χ0n) is 6.60. The van der Waals surface area contributed by atoms with Gasteiger partial charge in [0.15, 0.2) is 0 Å². The van der Waals surface area contributed by atoms with E-state index in [1.54, 1.807) is 0 Å². The Labute approximate surface area is 64.4 Å². The molecule has 0 saturated heterocycles. The van der Waals surface area contributed by atoms with Crippen LogP contribution in [0.4, 0.5) is 4.39 Å². The molecule has 11 heavy (non-hydrogen) atoms. The zero-order valence-corrected chi connectivity index (χ0v) is 6.60. The normalized spacial score (nSPS) is 12.0. The van der Waals surface area contributed by atoms with Crippen LogP contribution in [-0.4, -0.2) is 4.98 Å². The van der Waals surface area contributed by atoms with Gasteiger partial charge >= 0.3 is 0 Å². The summed E-state index contributed by atoms with van der Waals surface area (Å²) in [5.74, 6) is 0.366. The molecule has 1 heterocycles. The van der Waals surface area contributed by atoms with E-state index in [0.29, 0.717) is 5.89 Å². The maximum absolute atomic E-state index is 13.1. The lowest BCUT2D eigenvalue weighted by Gasteiger charge is -2.07. The quantitative estimate of drug-likeness (QED) is 0.706. The monoisotopic (exact) mass is 158 g/mol. The highest BCUT2D eigenvalue weighted by Crippen LogP contribution is 2.23. The van der Waals surface area contributed by atoms with Crippen molar-refractivity contribution in [2.45, 2.75) is 26.1 Å². The van der Waals surface area contributed by atoms with Crippen molar-refractivity contribution < 1.29 is 8.81 Å². The standard InChI is InChI=1S/C7H11FN2O/c1-7(2,8)5-4-11-6(3-9)10-5/h4H,3,9H2,1-2H3. The highest BCUT2D eigenvalue weighted by Gasteiger charge is 2.22. The van der Waals surface area contributed by atoms with E-state index in [2.05, 4.69) is 4.98 Å². The molecule has 0 aliphatic carbocycles. The molecule has 62 valence electrons. The Morgan fingerprint density at radius 2 is 2.36 bits per heavy atom. The summed E-state index contributed by atoms with van der Waals surface area (Å²) in [6, 6.07) is 0. The highest BCUT2D eigenvalue weighted by atomic mass is 19.1. The van der Waals surface area contributed by atoms with E-state index >= 15 is 0 Å². The number of alkyl halides is 1. The predicted octanol–water partition coefficient (Wildman–Crippen LogP) is 1.34. The molecule has 0 spiro atoms. The van der Waals surface area contributed by atoms with Crippen molar-refractivity contribution in [3.05, 3.63) is 17.8 Å². The Kier molecular flexibility index (Phi) is 1.95. The molecule has 3 nitrogen and oxygen atoms in total. The summed E-state index contributed by atoms with van der Waals surface area (Å²) in [6.07, 6.45) is 1.29. The van der Waals surface area contributed by atoms with Crippen molar-refractivity contribution in [1.82, 2.24) is 4.98 Å². The van der Waals surface area contributed by atoms with E-state index < -0.39 is 5.67 Å². The second-order valence-corrected chi connectivity index (χ2v) is 2.80. The lowest BCUT2D eigenvalue weighted by Crippen LogP contribution is -2.09. The molecule has 0 aliphatic rings. The predicted molar refractivity (Wildman–Crippen MR) is 38.5 cm³/mol.